The van der Waals surface area contributed by atoms with Crippen LogP contribution in [0.2, 0.25) is 5.02 Å². The van der Waals surface area contributed by atoms with E-state index in [0.717, 1.165) is 0 Å². The molecule has 0 amide bonds. The van der Waals surface area contributed by atoms with Crippen LogP contribution < -0.4 is 0 Å². The molecule has 0 bridgehead atoms. The molecular weight excluding hydrogens is 184 g/mol. The van der Waals surface area contributed by atoms with E-state index in [2.05, 4.69) is 20.2 Å². The van der Waals surface area contributed by atoms with Crippen LogP contribution >= 0.6 is 23.8 Å². The summed E-state index contributed by atoms with van der Waals surface area (Å²) in [6.45, 7) is 0. The Bertz CT molecular complexity index is 445. The van der Waals surface area contributed by atoms with Crippen LogP contribution in [0, 0.1) is 4.77 Å². The van der Waals surface area contributed by atoms with Gasteiger partial charge in [0.15, 0.2) is 10.4 Å². The summed E-state index contributed by atoms with van der Waals surface area (Å²) in [4.78, 5) is 5.65. The molecule has 11 heavy (non-hydrogen) atoms. The Hall–Kier alpha value is -0.940. The lowest BCUT2D eigenvalue weighted by atomic mass is 10.5. The Balaban J connectivity index is 3.01. The number of aromatic amines is 2. The first-order chi connectivity index (χ1) is 5.27. The minimum Gasteiger partial charge on any atom is -0.328 e. The lowest BCUT2D eigenvalue weighted by Gasteiger charge is -1.87. The van der Waals surface area contributed by atoms with Gasteiger partial charge in [0.05, 0.1) is 11.2 Å². The van der Waals surface area contributed by atoms with Crippen molar-refractivity contribution in [2.45, 2.75) is 0 Å². The molecule has 0 atom stereocenters. The highest BCUT2D eigenvalue weighted by Crippen LogP contribution is 2.15. The number of aromatic nitrogens is 4. The third-order valence-corrected chi connectivity index (χ3v) is 1.77. The Morgan fingerprint density at radius 3 is 3.00 bits per heavy atom. The van der Waals surface area contributed by atoms with E-state index in [1.807, 2.05) is 0 Å². The zero-order valence-electron chi connectivity index (χ0n) is 5.26. The molecule has 0 fully saturated rings. The van der Waals surface area contributed by atoms with Gasteiger partial charge in [0.25, 0.3) is 0 Å². The molecule has 0 unspecified atom stereocenters. The molecule has 0 saturated heterocycles. The molecule has 4 nitrogen and oxygen atoms in total. The first-order valence-corrected chi connectivity index (χ1v) is 3.65. The fourth-order valence-corrected chi connectivity index (χ4v) is 1.20. The van der Waals surface area contributed by atoms with Crippen molar-refractivity contribution in [3.63, 3.8) is 0 Å². The smallest absolute Gasteiger partial charge is 0.180 e. The minimum absolute atomic E-state index is 0.502. The Labute approximate surface area is 71.6 Å². The van der Waals surface area contributed by atoms with Crippen LogP contribution in [0.3, 0.4) is 0 Å². The molecule has 2 heterocycles. The summed E-state index contributed by atoms with van der Waals surface area (Å²) in [5, 5.41) is 7.94. The number of imidazole rings is 1. The Morgan fingerprint density at radius 2 is 2.27 bits per heavy atom. The van der Waals surface area contributed by atoms with Gasteiger partial charge >= 0.3 is 0 Å². The summed E-state index contributed by atoms with van der Waals surface area (Å²) < 4.78 is 0.502. The highest BCUT2D eigenvalue weighted by molar-refractivity contribution is 7.71. The third kappa shape index (κ3) is 1.02. The second-order valence-electron chi connectivity index (χ2n) is 2.00. The van der Waals surface area contributed by atoms with Crippen molar-refractivity contribution >= 4 is 35.0 Å². The first kappa shape index (κ1) is 6.75. The second kappa shape index (κ2) is 2.28. The molecule has 2 aromatic rings. The molecule has 0 radical (unpaired) electrons. The molecule has 6 heteroatoms. The maximum Gasteiger partial charge on any atom is 0.180 e. The van der Waals surface area contributed by atoms with Gasteiger partial charge in [-0.3, -0.25) is 0 Å². The fourth-order valence-electron chi connectivity index (χ4n) is 0.824. The number of hydrogen-bond donors (Lipinski definition) is 2. The molecule has 0 saturated carbocycles. The quantitative estimate of drug-likeness (QED) is 0.616. The molecule has 2 N–H and O–H groups in total. The van der Waals surface area contributed by atoms with Gasteiger partial charge in [0, 0.05) is 0 Å². The normalized spacial score (nSPS) is 10.6. The predicted octanol–water partition coefficient (Wildman–Crippen LogP) is 1.67. The van der Waals surface area contributed by atoms with Gasteiger partial charge in [0.1, 0.15) is 5.52 Å². The molecule has 0 aliphatic heterocycles. The standard InChI is InChI=1S/C5H3ClN4S/c6-2-1-7-10-4-3(2)8-5(11)9-4/h1H,(H2,8,9,10,11). The first-order valence-electron chi connectivity index (χ1n) is 2.86. The van der Waals surface area contributed by atoms with Crippen molar-refractivity contribution in [2.75, 3.05) is 0 Å². The number of rotatable bonds is 0. The topological polar surface area (TPSA) is 57.4 Å². The van der Waals surface area contributed by atoms with Crippen LogP contribution in [0.4, 0.5) is 0 Å². The average Bonchev–Trinajstić information content (AvgIpc) is 2.31. The molecular formula is C5H3ClN4S. The number of halogens is 1. The van der Waals surface area contributed by atoms with Gasteiger partial charge in [-0.15, -0.1) is 5.10 Å². The van der Waals surface area contributed by atoms with E-state index < -0.39 is 0 Å². The lowest BCUT2D eigenvalue weighted by molar-refractivity contribution is 1.06. The second-order valence-corrected chi connectivity index (χ2v) is 2.81. The van der Waals surface area contributed by atoms with E-state index in [-0.39, 0.29) is 0 Å². The third-order valence-electron chi connectivity index (χ3n) is 1.27. The van der Waals surface area contributed by atoms with Gasteiger partial charge in [0.2, 0.25) is 0 Å². The van der Waals surface area contributed by atoms with Crippen LogP contribution in [0.1, 0.15) is 0 Å². The van der Waals surface area contributed by atoms with E-state index in [4.69, 9.17) is 23.8 Å². The van der Waals surface area contributed by atoms with Gasteiger partial charge < -0.3 is 9.97 Å². The van der Waals surface area contributed by atoms with E-state index in [0.29, 0.717) is 21.0 Å². The monoisotopic (exact) mass is 186 g/mol. The Kier molecular flexibility index (Phi) is 1.40. The number of nitrogens with zero attached hydrogens (tertiary/aromatic N) is 2. The summed E-state index contributed by atoms with van der Waals surface area (Å²) in [5.41, 5.74) is 1.29. The molecule has 0 aliphatic carbocycles. The van der Waals surface area contributed by atoms with Crippen molar-refractivity contribution < 1.29 is 0 Å². The predicted molar refractivity (Wildman–Crippen MR) is 44.1 cm³/mol. The summed E-state index contributed by atoms with van der Waals surface area (Å²) in [5.74, 6) is 0. The number of hydrogen-bond acceptors (Lipinski definition) is 3. The van der Waals surface area contributed by atoms with Crippen LogP contribution in [-0.2, 0) is 0 Å². The van der Waals surface area contributed by atoms with Gasteiger partial charge in [-0.1, -0.05) is 11.6 Å². The molecule has 56 valence electrons. The molecule has 0 aliphatic rings. The number of fused-ring (bicyclic) bond motifs is 1. The van der Waals surface area contributed by atoms with Crippen molar-refractivity contribution in [2.24, 2.45) is 0 Å². The maximum atomic E-state index is 5.77. The van der Waals surface area contributed by atoms with E-state index in [1.54, 1.807) is 0 Å². The molecule has 0 spiro atoms. The summed E-state index contributed by atoms with van der Waals surface area (Å²) >= 11 is 10.6. The van der Waals surface area contributed by atoms with Crippen molar-refractivity contribution in [1.29, 1.82) is 0 Å². The summed E-state index contributed by atoms with van der Waals surface area (Å²) in [7, 11) is 0. The van der Waals surface area contributed by atoms with Gasteiger partial charge in [-0.25, -0.2) is 0 Å². The van der Waals surface area contributed by atoms with Gasteiger partial charge in [-0.2, -0.15) is 5.10 Å². The zero-order chi connectivity index (χ0) is 7.84. The lowest BCUT2D eigenvalue weighted by Crippen LogP contribution is -1.81. The van der Waals surface area contributed by atoms with Crippen LogP contribution in [0.15, 0.2) is 6.20 Å². The maximum absolute atomic E-state index is 5.77. The van der Waals surface area contributed by atoms with Crippen LogP contribution in [0.25, 0.3) is 11.2 Å². The number of H-pyrrole nitrogens is 2. The zero-order valence-corrected chi connectivity index (χ0v) is 6.83. The van der Waals surface area contributed by atoms with Crippen LogP contribution in [0.5, 0.6) is 0 Å². The average molecular weight is 187 g/mol. The summed E-state index contributed by atoms with van der Waals surface area (Å²) in [6, 6.07) is 0. The van der Waals surface area contributed by atoms with E-state index in [1.165, 1.54) is 6.20 Å². The van der Waals surface area contributed by atoms with Crippen molar-refractivity contribution in [3.05, 3.63) is 16.0 Å². The molecule has 2 rings (SSSR count). The largest absolute Gasteiger partial charge is 0.328 e. The highest BCUT2D eigenvalue weighted by atomic mass is 35.5. The van der Waals surface area contributed by atoms with E-state index >= 15 is 0 Å². The van der Waals surface area contributed by atoms with Crippen molar-refractivity contribution in [1.82, 2.24) is 20.2 Å². The van der Waals surface area contributed by atoms with Gasteiger partial charge in [-0.05, 0) is 12.2 Å². The summed E-state index contributed by atoms with van der Waals surface area (Å²) in [6.07, 6.45) is 1.46. The SMILES string of the molecule is S=c1[nH]c2nncc(Cl)c2[nH]1. The highest BCUT2D eigenvalue weighted by Gasteiger charge is 2.01. The Morgan fingerprint density at radius 1 is 1.45 bits per heavy atom. The minimum atomic E-state index is 0.502. The molecule has 0 aromatic carbocycles. The number of nitrogens with one attached hydrogen (secondary N) is 2. The van der Waals surface area contributed by atoms with Crippen molar-refractivity contribution in [3.8, 4) is 0 Å². The molecule has 2 aromatic heterocycles. The van der Waals surface area contributed by atoms with E-state index in [9.17, 15) is 0 Å². The van der Waals surface area contributed by atoms with Crippen LogP contribution in [-0.4, -0.2) is 20.2 Å². The fraction of sp³-hybridized carbons (Fsp3) is 0.